The van der Waals surface area contributed by atoms with E-state index in [-0.39, 0.29) is 11.9 Å². The van der Waals surface area contributed by atoms with E-state index >= 15 is 0 Å². The Hall–Kier alpha value is -2.40. The fraction of sp³-hybridized carbons (Fsp3) is 0.300. The van der Waals surface area contributed by atoms with Crippen LogP contribution in [0.5, 0.6) is 0 Å². The zero-order chi connectivity index (χ0) is 17.8. The highest BCUT2D eigenvalue weighted by molar-refractivity contribution is 7.14. The number of nitrogens with one attached hydrogen (secondary N) is 1. The first-order chi connectivity index (χ1) is 12.1. The maximum absolute atomic E-state index is 12.9. The Bertz CT molecular complexity index is 851. The molecule has 3 aromatic rings. The quantitative estimate of drug-likeness (QED) is 0.720. The summed E-state index contributed by atoms with van der Waals surface area (Å²) < 4.78 is 1.94. The van der Waals surface area contributed by atoms with Gasteiger partial charge in [-0.3, -0.25) is 4.79 Å². The lowest BCUT2D eigenvalue weighted by Crippen LogP contribution is -2.30. The summed E-state index contributed by atoms with van der Waals surface area (Å²) in [5.41, 5.74) is 2.29. The van der Waals surface area contributed by atoms with Gasteiger partial charge in [0.1, 0.15) is 11.9 Å². The van der Waals surface area contributed by atoms with Crippen molar-refractivity contribution in [1.29, 1.82) is 0 Å². The van der Waals surface area contributed by atoms with Gasteiger partial charge >= 0.3 is 0 Å². The van der Waals surface area contributed by atoms with E-state index in [1.165, 1.54) is 10.4 Å². The van der Waals surface area contributed by atoms with Crippen molar-refractivity contribution in [3.63, 3.8) is 0 Å². The lowest BCUT2D eigenvalue weighted by atomic mass is 10.1. The highest BCUT2D eigenvalue weighted by atomic mass is 32.1. The van der Waals surface area contributed by atoms with E-state index in [4.69, 9.17) is 0 Å². The van der Waals surface area contributed by atoms with Gasteiger partial charge in [0, 0.05) is 24.3 Å². The Kier molecular flexibility index (Phi) is 5.34. The topological polar surface area (TPSA) is 46.9 Å². The van der Waals surface area contributed by atoms with E-state index in [1.54, 1.807) is 17.5 Å². The molecular weight excluding hydrogens is 330 g/mol. The van der Waals surface area contributed by atoms with Gasteiger partial charge in [-0.25, -0.2) is 4.98 Å². The molecule has 0 bridgehead atoms. The molecule has 1 amide bonds. The number of hydrogen-bond acceptors (Lipinski definition) is 3. The second kappa shape index (κ2) is 7.66. The Labute approximate surface area is 152 Å². The SMILES string of the molecule is CCCc1cc(C(=O)NC(c2ccccc2)c2nccn2C)sc1C. The first kappa shape index (κ1) is 17.4. The molecule has 1 atom stereocenters. The van der Waals surface area contributed by atoms with Crippen molar-refractivity contribution in [1.82, 2.24) is 14.9 Å². The fourth-order valence-electron chi connectivity index (χ4n) is 2.95. The molecule has 1 aromatic carbocycles. The number of hydrogen-bond donors (Lipinski definition) is 1. The van der Waals surface area contributed by atoms with Crippen molar-refractivity contribution in [3.05, 3.63) is 75.5 Å². The molecule has 0 aliphatic carbocycles. The van der Waals surface area contributed by atoms with Crippen LogP contribution in [0.25, 0.3) is 0 Å². The van der Waals surface area contributed by atoms with E-state index < -0.39 is 0 Å². The molecule has 0 fully saturated rings. The number of carbonyl (C=O) groups excluding carboxylic acids is 1. The minimum absolute atomic E-state index is 0.0488. The minimum atomic E-state index is -0.272. The van der Waals surface area contributed by atoms with E-state index in [1.807, 2.05) is 54.2 Å². The number of imidazole rings is 1. The summed E-state index contributed by atoms with van der Waals surface area (Å²) in [7, 11) is 1.94. The first-order valence-corrected chi connectivity index (χ1v) is 9.34. The van der Waals surface area contributed by atoms with Gasteiger partial charge in [0.25, 0.3) is 5.91 Å². The molecule has 3 rings (SSSR count). The molecule has 4 nitrogen and oxygen atoms in total. The van der Waals surface area contributed by atoms with E-state index in [9.17, 15) is 4.79 Å². The smallest absolute Gasteiger partial charge is 0.262 e. The zero-order valence-electron chi connectivity index (χ0n) is 14.8. The molecule has 130 valence electrons. The first-order valence-electron chi connectivity index (χ1n) is 8.52. The lowest BCUT2D eigenvalue weighted by molar-refractivity contribution is 0.0945. The van der Waals surface area contributed by atoms with Crippen molar-refractivity contribution in [2.24, 2.45) is 7.05 Å². The molecule has 0 saturated carbocycles. The monoisotopic (exact) mass is 353 g/mol. The highest BCUT2D eigenvalue weighted by Crippen LogP contribution is 2.25. The summed E-state index contributed by atoms with van der Waals surface area (Å²) in [5, 5.41) is 3.16. The van der Waals surface area contributed by atoms with Gasteiger partial charge in [-0.2, -0.15) is 0 Å². The second-order valence-corrected chi connectivity index (χ2v) is 7.41. The summed E-state index contributed by atoms with van der Waals surface area (Å²) >= 11 is 1.56. The number of nitrogens with zero attached hydrogens (tertiary/aromatic N) is 2. The normalized spacial score (nSPS) is 12.1. The average molecular weight is 353 g/mol. The van der Waals surface area contributed by atoms with E-state index in [0.29, 0.717) is 0 Å². The van der Waals surface area contributed by atoms with Crippen LogP contribution in [0.3, 0.4) is 0 Å². The van der Waals surface area contributed by atoms with Crippen LogP contribution in [-0.4, -0.2) is 15.5 Å². The molecule has 2 heterocycles. The van der Waals surface area contributed by atoms with Crippen molar-refractivity contribution < 1.29 is 4.79 Å². The number of rotatable bonds is 6. The third-order valence-corrected chi connectivity index (χ3v) is 5.38. The van der Waals surface area contributed by atoms with Crippen LogP contribution in [0.15, 0.2) is 48.8 Å². The number of aryl methyl sites for hydroxylation is 3. The minimum Gasteiger partial charge on any atom is -0.337 e. The molecule has 0 saturated heterocycles. The fourth-order valence-corrected chi connectivity index (χ4v) is 3.92. The van der Waals surface area contributed by atoms with Crippen LogP contribution in [0.4, 0.5) is 0 Å². The van der Waals surface area contributed by atoms with Gasteiger partial charge in [0.2, 0.25) is 0 Å². The van der Waals surface area contributed by atoms with Crippen LogP contribution in [-0.2, 0) is 13.5 Å². The van der Waals surface area contributed by atoms with Crippen molar-refractivity contribution >= 4 is 17.2 Å². The summed E-state index contributed by atoms with van der Waals surface area (Å²) in [4.78, 5) is 19.3. The standard InChI is InChI=1S/C20H23N3OS/c1-4-8-16-13-17(25-14(16)2)20(24)22-18(15-9-6-5-7-10-15)19-21-11-12-23(19)3/h5-7,9-13,18H,4,8H2,1-3H3,(H,22,24). The Morgan fingerprint density at radius 3 is 2.72 bits per heavy atom. The lowest BCUT2D eigenvalue weighted by Gasteiger charge is -2.18. The summed E-state index contributed by atoms with van der Waals surface area (Å²) in [5.74, 6) is 0.772. The Morgan fingerprint density at radius 2 is 2.08 bits per heavy atom. The molecular formula is C20H23N3OS. The molecule has 1 N–H and O–H groups in total. The van der Waals surface area contributed by atoms with Crippen molar-refractivity contribution in [2.45, 2.75) is 32.7 Å². The van der Waals surface area contributed by atoms with Crippen LogP contribution >= 0.6 is 11.3 Å². The molecule has 1 unspecified atom stereocenters. The maximum Gasteiger partial charge on any atom is 0.262 e. The molecule has 5 heteroatoms. The van der Waals surface area contributed by atoms with Crippen LogP contribution in [0, 0.1) is 6.92 Å². The molecule has 0 radical (unpaired) electrons. The van der Waals surface area contributed by atoms with E-state index in [0.717, 1.165) is 29.1 Å². The summed E-state index contributed by atoms with van der Waals surface area (Å²) in [6, 6.07) is 11.7. The zero-order valence-corrected chi connectivity index (χ0v) is 15.6. The van der Waals surface area contributed by atoms with Crippen LogP contribution in [0.1, 0.15) is 50.9 Å². The van der Waals surface area contributed by atoms with E-state index in [2.05, 4.69) is 24.1 Å². The molecule has 2 aromatic heterocycles. The number of carbonyl (C=O) groups is 1. The van der Waals surface area contributed by atoms with Gasteiger partial charge in [-0.15, -0.1) is 11.3 Å². The number of benzene rings is 1. The predicted molar refractivity (Wildman–Crippen MR) is 102 cm³/mol. The third kappa shape index (κ3) is 3.82. The largest absolute Gasteiger partial charge is 0.337 e. The highest BCUT2D eigenvalue weighted by Gasteiger charge is 2.22. The van der Waals surface area contributed by atoms with Gasteiger partial charge in [-0.05, 0) is 30.5 Å². The van der Waals surface area contributed by atoms with Crippen LogP contribution < -0.4 is 5.32 Å². The number of amides is 1. The average Bonchev–Trinajstić information content (AvgIpc) is 3.20. The van der Waals surface area contributed by atoms with Crippen molar-refractivity contribution in [3.8, 4) is 0 Å². The Balaban J connectivity index is 1.89. The molecule has 0 aliphatic heterocycles. The van der Waals surface area contributed by atoms with Gasteiger partial charge in [0.05, 0.1) is 4.88 Å². The molecule has 25 heavy (non-hydrogen) atoms. The van der Waals surface area contributed by atoms with Crippen LogP contribution in [0.2, 0.25) is 0 Å². The number of thiophene rings is 1. The third-order valence-electron chi connectivity index (χ3n) is 4.29. The molecule has 0 spiro atoms. The maximum atomic E-state index is 12.9. The predicted octanol–water partition coefficient (Wildman–Crippen LogP) is 4.26. The van der Waals surface area contributed by atoms with Gasteiger partial charge in [-0.1, -0.05) is 43.7 Å². The molecule has 0 aliphatic rings. The van der Waals surface area contributed by atoms with Crippen molar-refractivity contribution in [2.75, 3.05) is 0 Å². The summed E-state index contributed by atoms with van der Waals surface area (Å²) in [6.45, 7) is 4.24. The summed E-state index contributed by atoms with van der Waals surface area (Å²) in [6.07, 6.45) is 5.74. The number of aromatic nitrogens is 2. The Morgan fingerprint density at radius 1 is 1.32 bits per heavy atom. The van der Waals surface area contributed by atoms with Gasteiger partial charge in [0.15, 0.2) is 0 Å². The second-order valence-electron chi connectivity index (χ2n) is 6.16. The van der Waals surface area contributed by atoms with Gasteiger partial charge < -0.3 is 9.88 Å².